The van der Waals surface area contributed by atoms with E-state index in [2.05, 4.69) is 36.7 Å². The van der Waals surface area contributed by atoms with Gasteiger partial charge in [0.1, 0.15) is 0 Å². The largest absolute Gasteiger partial charge is 0.309 e. The van der Waals surface area contributed by atoms with Crippen molar-refractivity contribution in [2.75, 3.05) is 6.54 Å². The zero-order chi connectivity index (χ0) is 12.1. The average molecular weight is 251 g/mol. The summed E-state index contributed by atoms with van der Waals surface area (Å²) in [5, 5.41) is 5.86. The summed E-state index contributed by atoms with van der Waals surface area (Å²) >= 11 is 1.86. The Morgan fingerprint density at radius 2 is 2.00 bits per heavy atom. The fourth-order valence-electron chi connectivity index (χ4n) is 2.83. The van der Waals surface area contributed by atoms with Crippen LogP contribution in [0.15, 0.2) is 17.5 Å². The Balaban J connectivity index is 1.69. The van der Waals surface area contributed by atoms with Crippen molar-refractivity contribution in [1.82, 2.24) is 5.32 Å². The van der Waals surface area contributed by atoms with Crippen LogP contribution in [0.3, 0.4) is 0 Å². The van der Waals surface area contributed by atoms with Crippen LogP contribution in [0, 0.1) is 11.8 Å². The fourth-order valence-corrected chi connectivity index (χ4v) is 3.58. The van der Waals surface area contributed by atoms with Crippen molar-refractivity contribution in [3.63, 3.8) is 0 Å². The van der Waals surface area contributed by atoms with Crippen molar-refractivity contribution >= 4 is 11.3 Å². The molecule has 1 saturated carbocycles. The van der Waals surface area contributed by atoms with Gasteiger partial charge in [-0.2, -0.15) is 0 Å². The standard InChI is InChI=1S/C15H25NS/c1-3-13-6-8-14(9-7-13)11-16-12(2)15-5-4-10-17-15/h4-5,10,12-14,16H,3,6-9,11H2,1-2H3. The van der Waals surface area contributed by atoms with Gasteiger partial charge in [-0.25, -0.2) is 0 Å². The molecular weight excluding hydrogens is 226 g/mol. The second-order valence-electron chi connectivity index (χ2n) is 5.44. The summed E-state index contributed by atoms with van der Waals surface area (Å²) in [6.45, 7) is 5.82. The van der Waals surface area contributed by atoms with Gasteiger partial charge < -0.3 is 5.32 Å². The van der Waals surface area contributed by atoms with Gasteiger partial charge >= 0.3 is 0 Å². The lowest BCUT2D eigenvalue weighted by Crippen LogP contribution is -2.28. The van der Waals surface area contributed by atoms with Crippen LogP contribution in [-0.2, 0) is 0 Å². The van der Waals surface area contributed by atoms with Crippen LogP contribution in [0.2, 0.25) is 0 Å². The van der Waals surface area contributed by atoms with E-state index < -0.39 is 0 Å². The molecule has 1 aromatic rings. The fraction of sp³-hybridized carbons (Fsp3) is 0.733. The second kappa shape index (κ2) is 6.55. The SMILES string of the molecule is CCC1CCC(CNC(C)c2cccs2)CC1. The Bertz CT molecular complexity index is 299. The maximum atomic E-state index is 3.70. The van der Waals surface area contributed by atoms with Crippen LogP contribution in [0.1, 0.15) is 56.9 Å². The lowest BCUT2D eigenvalue weighted by atomic mass is 9.81. The van der Waals surface area contributed by atoms with Crippen molar-refractivity contribution in [3.8, 4) is 0 Å². The minimum atomic E-state index is 0.527. The van der Waals surface area contributed by atoms with E-state index in [9.17, 15) is 0 Å². The molecule has 96 valence electrons. The van der Waals surface area contributed by atoms with Crippen molar-refractivity contribution in [2.24, 2.45) is 11.8 Å². The van der Waals surface area contributed by atoms with E-state index in [1.54, 1.807) is 0 Å². The monoisotopic (exact) mass is 251 g/mol. The maximum absolute atomic E-state index is 3.70. The lowest BCUT2D eigenvalue weighted by molar-refractivity contribution is 0.258. The Kier molecular flexibility index (Phi) is 5.05. The molecule has 0 bridgehead atoms. The summed E-state index contributed by atoms with van der Waals surface area (Å²) < 4.78 is 0. The summed E-state index contributed by atoms with van der Waals surface area (Å²) in [5.41, 5.74) is 0. The van der Waals surface area contributed by atoms with E-state index in [1.807, 2.05) is 11.3 Å². The van der Waals surface area contributed by atoms with Gasteiger partial charge in [0.25, 0.3) is 0 Å². The van der Waals surface area contributed by atoms with Gasteiger partial charge in [0.2, 0.25) is 0 Å². The molecule has 0 spiro atoms. The minimum absolute atomic E-state index is 0.527. The van der Waals surface area contributed by atoms with Gasteiger partial charge in [0.15, 0.2) is 0 Å². The smallest absolute Gasteiger partial charge is 0.0386 e. The molecule has 1 atom stereocenters. The van der Waals surface area contributed by atoms with E-state index in [4.69, 9.17) is 0 Å². The molecular formula is C15H25NS. The summed E-state index contributed by atoms with van der Waals surface area (Å²) in [4.78, 5) is 1.47. The molecule has 1 heterocycles. The molecule has 1 aliphatic carbocycles. The zero-order valence-corrected chi connectivity index (χ0v) is 11.9. The predicted octanol–water partition coefficient (Wildman–Crippen LogP) is 4.62. The first-order chi connectivity index (χ1) is 8.29. The molecule has 17 heavy (non-hydrogen) atoms. The highest BCUT2D eigenvalue weighted by Crippen LogP contribution is 2.30. The van der Waals surface area contributed by atoms with E-state index in [0.29, 0.717) is 6.04 Å². The first kappa shape index (κ1) is 13.1. The molecule has 2 heteroatoms. The third-order valence-electron chi connectivity index (χ3n) is 4.23. The normalized spacial score (nSPS) is 26.9. The Morgan fingerprint density at radius 1 is 1.29 bits per heavy atom. The number of thiophene rings is 1. The highest BCUT2D eigenvalue weighted by atomic mass is 32.1. The van der Waals surface area contributed by atoms with Crippen LogP contribution in [0.25, 0.3) is 0 Å². The highest BCUT2D eigenvalue weighted by Gasteiger charge is 2.20. The van der Waals surface area contributed by atoms with Crippen molar-refractivity contribution < 1.29 is 0 Å². The van der Waals surface area contributed by atoms with E-state index in [1.165, 1.54) is 43.5 Å². The molecule has 0 radical (unpaired) electrons. The summed E-state index contributed by atoms with van der Waals surface area (Å²) in [5.74, 6) is 1.93. The van der Waals surface area contributed by atoms with Crippen LogP contribution in [0.5, 0.6) is 0 Å². The minimum Gasteiger partial charge on any atom is -0.309 e. The van der Waals surface area contributed by atoms with E-state index >= 15 is 0 Å². The Morgan fingerprint density at radius 3 is 2.59 bits per heavy atom. The topological polar surface area (TPSA) is 12.0 Å². The van der Waals surface area contributed by atoms with Crippen LogP contribution in [-0.4, -0.2) is 6.54 Å². The molecule has 0 saturated heterocycles. The van der Waals surface area contributed by atoms with Crippen molar-refractivity contribution in [1.29, 1.82) is 0 Å². The van der Waals surface area contributed by atoms with Gasteiger partial charge in [-0.15, -0.1) is 11.3 Å². The predicted molar refractivity (Wildman–Crippen MR) is 76.5 cm³/mol. The lowest BCUT2D eigenvalue weighted by Gasteiger charge is -2.28. The number of nitrogens with one attached hydrogen (secondary N) is 1. The Hall–Kier alpha value is -0.340. The third-order valence-corrected chi connectivity index (χ3v) is 5.28. The molecule has 1 unspecified atom stereocenters. The average Bonchev–Trinajstić information content (AvgIpc) is 2.90. The quantitative estimate of drug-likeness (QED) is 0.805. The Labute approximate surface area is 110 Å². The van der Waals surface area contributed by atoms with Gasteiger partial charge in [-0.1, -0.05) is 32.3 Å². The zero-order valence-electron chi connectivity index (χ0n) is 11.1. The molecule has 1 aromatic heterocycles. The molecule has 1 nitrogen and oxygen atoms in total. The van der Waals surface area contributed by atoms with Crippen molar-refractivity contribution in [3.05, 3.63) is 22.4 Å². The molecule has 1 fully saturated rings. The summed E-state index contributed by atoms with van der Waals surface area (Å²) in [6.07, 6.45) is 7.16. The summed E-state index contributed by atoms with van der Waals surface area (Å²) in [7, 11) is 0. The number of rotatable bonds is 5. The van der Waals surface area contributed by atoms with Crippen molar-refractivity contribution in [2.45, 2.75) is 52.0 Å². The molecule has 2 rings (SSSR count). The molecule has 1 N–H and O–H groups in total. The number of hydrogen-bond acceptors (Lipinski definition) is 2. The van der Waals surface area contributed by atoms with Crippen LogP contribution in [0.4, 0.5) is 0 Å². The second-order valence-corrected chi connectivity index (χ2v) is 6.42. The summed E-state index contributed by atoms with van der Waals surface area (Å²) in [6, 6.07) is 4.90. The first-order valence-corrected chi connectivity index (χ1v) is 7.94. The maximum Gasteiger partial charge on any atom is 0.0386 e. The van der Waals surface area contributed by atoms with Gasteiger partial charge in [-0.05, 0) is 49.6 Å². The molecule has 0 amide bonds. The number of hydrogen-bond donors (Lipinski definition) is 1. The third kappa shape index (κ3) is 3.82. The molecule has 0 aliphatic heterocycles. The van der Waals surface area contributed by atoms with Gasteiger partial charge in [0, 0.05) is 10.9 Å². The van der Waals surface area contributed by atoms with Gasteiger partial charge in [0.05, 0.1) is 0 Å². The van der Waals surface area contributed by atoms with E-state index in [-0.39, 0.29) is 0 Å². The van der Waals surface area contributed by atoms with Crippen LogP contribution < -0.4 is 5.32 Å². The molecule has 0 aromatic carbocycles. The van der Waals surface area contributed by atoms with Gasteiger partial charge in [-0.3, -0.25) is 0 Å². The highest BCUT2D eigenvalue weighted by molar-refractivity contribution is 7.10. The van der Waals surface area contributed by atoms with Crippen LogP contribution >= 0.6 is 11.3 Å². The first-order valence-electron chi connectivity index (χ1n) is 7.06. The van der Waals surface area contributed by atoms with E-state index in [0.717, 1.165) is 11.8 Å². The molecule has 1 aliphatic rings.